The molecular formula is C20H24BrFN2O3. The van der Waals surface area contributed by atoms with Gasteiger partial charge in [0, 0.05) is 24.0 Å². The number of anilines is 1. The van der Waals surface area contributed by atoms with E-state index < -0.39 is 5.82 Å². The number of methoxy groups -OCH3 is 2. The van der Waals surface area contributed by atoms with Gasteiger partial charge in [-0.1, -0.05) is 28.9 Å². The number of rotatable bonds is 9. The van der Waals surface area contributed by atoms with Gasteiger partial charge in [0.1, 0.15) is 5.82 Å². The first-order valence-electron chi connectivity index (χ1n) is 8.65. The van der Waals surface area contributed by atoms with Gasteiger partial charge in [0.15, 0.2) is 11.5 Å². The van der Waals surface area contributed by atoms with Crippen molar-refractivity contribution in [2.24, 2.45) is 0 Å². The van der Waals surface area contributed by atoms with Crippen LogP contribution in [0.15, 0.2) is 40.9 Å². The molecule has 146 valence electrons. The molecule has 0 bridgehead atoms. The average Bonchev–Trinajstić information content (AvgIpc) is 2.67. The van der Waals surface area contributed by atoms with Gasteiger partial charge in [0.2, 0.25) is 5.91 Å². The van der Waals surface area contributed by atoms with Gasteiger partial charge in [-0.2, -0.15) is 0 Å². The molecule has 0 radical (unpaired) electrons. The highest BCUT2D eigenvalue weighted by Gasteiger charge is 2.12. The lowest BCUT2D eigenvalue weighted by molar-refractivity contribution is -0.116. The van der Waals surface area contributed by atoms with Gasteiger partial charge in [-0.25, -0.2) is 4.39 Å². The summed E-state index contributed by atoms with van der Waals surface area (Å²) in [6.45, 7) is 4.06. The molecule has 0 fully saturated rings. The van der Waals surface area contributed by atoms with Crippen LogP contribution in [0.3, 0.4) is 0 Å². The molecule has 0 atom stereocenters. The monoisotopic (exact) mass is 438 g/mol. The lowest BCUT2D eigenvalue weighted by Crippen LogP contribution is -2.27. The van der Waals surface area contributed by atoms with Crippen LogP contribution < -0.4 is 14.8 Å². The summed E-state index contributed by atoms with van der Waals surface area (Å²) >= 11 is 3.20. The molecule has 2 aromatic rings. The predicted octanol–water partition coefficient (Wildman–Crippen LogP) is 4.46. The molecule has 0 aliphatic carbocycles. The van der Waals surface area contributed by atoms with Gasteiger partial charge in [-0.05, 0) is 42.4 Å². The Kier molecular flexibility index (Phi) is 8.06. The third-order valence-electron chi connectivity index (χ3n) is 4.16. The Morgan fingerprint density at radius 3 is 2.52 bits per heavy atom. The Morgan fingerprint density at radius 1 is 1.15 bits per heavy atom. The van der Waals surface area contributed by atoms with Crippen LogP contribution in [0.1, 0.15) is 18.9 Å². The number of amides is 1. The minimum atomic E-state index is -0.463. The van der Waals surface area contributed by atoms with Crippen molar-refractivity contribution in [2.45, 2.75) is 19.9 Å². The minimum Gasteiger partial charge on any atom is -0.493 e. The van der Waals surface area contributed by atoms with Crippen molar-refractivity contribution in [2.75, 3.05) is 32.6 Å². The summed E-state index contributed by atoms with van der Waals surface area (Å²) in [6.07, 6.45) is 0.274. The van der Waals surface area contributed by atoms with E-state index in [1.807, 2.05) is 25.1 Å². The van der Waals surface area contributed by atoms with Crippen molar-refractivity contribution in [3.63, 3.8) is 0 Å². The molecule has 0 saturated carbocycles. The van der Waals surface area contributed by atoms with Crippen LogP contribution in [0.2, 0.25) is 0 Å². The Labute approximate surface area is 167 Å². The average molecular weight is 439 g/mol. The van der Waals surface area contributed by atoms with Crippen LogP contribution in [-0.4, -0.2) is 38.1 Å². The van der Waals surface area contributed by atoms with E-state index in [0.717, 1.165) is 12.1 Å². The number of carbonyl (C=O) groups is 1. The van der Waals surface area contributed by atoms with Crippen molar-refractivity contribution in [3.8, 4) is 11.5 Å². The first kappa shape index (κ1) is 21.2. The molecule has 0 spiro atoms. The summed E-state index contributed by atoms with van der Waals surface area (Å²) in [6, 6.07) is 10.3. The van der Waals surface area contributed by atoms with Crippen LogP contribution in [0.5, 0.6) is 11.5 Å². The standard InChI is InChI=1S/C20H24BrFN2O3/c1-4-24(13-14-5-8-18(26-2)19(11-14)27-3)10-9-20(25)23-17-7-6-15(21)12-16(17)22/h5-8,11-12H,4,9-10,13H2,1-3H3,(H,23,25). The molecule has 1 N–H and O–H groups in total. The quantitative estimate of drug-likeness (QED) is 0.627. The van der Waals surface area contributed by atoms with Crippen molar-refractivity contribution < 1.29 is 18.7 Å². The van der Waals surface area contributed by atoms with Gasteiger partial charge >= 0.3 is 0 Å². The number of hydrogen-bond donors (Lipinski definition) is 1. The number of halogens is 2. The van der Waals surface area contributed by atoms with E-state index in [-0.39, 0.29) is 18.0 Å². The van der Waals surface area contributed by atoms with Gasteiger partial charge in [-0.3, -0.25) is 9.69 Å². The number of benzene rings is 2. The van der Waals surface area contributed by atoms with Gasteiger partial charge in [-0.15, -0.1) is 0 Å². The summed E-state index contributed by atoms with van der Waals surface area (Å²) in [5.41, 5.74) is 1.25. The maximum absolute atomic E-state index is 13.8. The second-order valence-electron chi connectivity index (χ2n) is 5.98. The van der Waals surface area contributed by atoms with Gasteiger partial charge in [0.05, 0.1) is 19.9 Å². The third-order valence-corrected chi connectivity index (χ3v) is 4.65. The first-order chi connectivity index (χ1) is 13.0. The second-order valence-corrected chi connectivity index (χ2v) is 6.90. The number of nitrogens with one attached hydrogen (secondary N) is 1. The van der Waals surface area contributed by atoms with E-state index in [4.69, 9.17) is 9.47 Å². The summed E-state index contributed by atoms with van der Waals surface area (Å²) in [4.78, 5) is 14.3. The maximum Gasteiger partial charge on any atom is 0.225 e. The van der Waals surface area contributed by atoms with Crippen LogP contribution in [0.25, 0.3) is 0 Å². The predicted molar refractivity (Wildman–Crippen MR) is 108 cm³/mol. The molecule has 5 nitrogen and oxygen atoms in total. The summed E-state index contributed by atoms with van der Waals surface area (Å²) in [5, 5.41) is 2.62. The van der Waals surface area contributed by atoms with Gasteiger partial charge < -0.3 is 14.8 Å². The summed E-state index contributed by atoms with van der Waals surface area (Å²) in [5.74, 6) is 0.673. The molecule has 0 unspecified atom stereocenters. The number of carbonyl (C=O) groups excluding carboxylic acids is 1. The van der Waals surface area contributed by atoms with Crippen molar-refractivity contribution in [1.82, 2.24) is 4.90 Å². The molecule has 1 amide bonds. The van der Waals surface area contributed by atoms with Crippen molar-refractivity contribution in [1.29, 1.82) is 0 Å². The number of nitrogens with zero attached hydrogens (tertiary/aromatic N) is 1. The fourth-order valence-corrected chi connectivity index (χ4v) is 2.98. The fraction of sp³-hybridized carbons (Fsp3) is 0.350. The van der Waals surface area contributed by atoms with Crippen LogP contribution in [-0.2, 0) is 11.3 Å². The highest BCUT2D eigenvalue weighted by molar-refractivity contribution is 9.10. The van der Waals surface area contributed by atoms with E-state index in [0.29, 0.717) is 29.1 Å². The summed E-state index contributed by atoms with van der Waals surface area (Å²) in [7, 11) is 3.20. The molecule has 27 heavy (non-hydrogen) atoms. The van der Waals surface area contributed by atoms with E-state index >= 15 is 0 Å². The normalized spacial score (nSPS) is 10.7. The largest absolute Gasteiger partial charge is 0.493 e. The lowest BCUT2D eigenvalue weighted by atomic mass is 10.2. The third kappa shape index (κ3) is 6.22. The zero-order chi connectivity index (χ0) is 19.8. The van der Waals surface area contributed by atoms with Crippen LogP contribution >= 0.6 is 15.9 Å². The zero-order valence-corrected chi connectivity index (χ0v) is 17.3. The lowest BCUT2D eigenvalue weighted by Gasteiger charge is -2.21. The van der Waals surface area contributed by atoms with E-state index in [1.165, 1.54) is 6.07 Å². The first-order valence-corrected chi connectivity index (χ1v) is 9.44. The maximum atomic E-state index is 13.8. The Morgan fingerprint density at radius 2 is 1.89 bits per heavy atom. The highest BCUT2D eigenvalue weighted by Crippen LogP contribution is 2.28. The van der Waals surface area contributed by atoms with Crippen LogP contribution in [0, 0.1) is 5.82 Å². The van der Waals surface area contributed by atoms with E-state index in [9.17, 15) is 9.18 Å². The SMILES string of the molecule is CCN(CCC(=O)Nc1ccc(Br)cc1F)Cc1ccc(OC)c(OC)c1. The number of hydrogen-bond acceptors (Lipinski definition) is 4. The Hall–Kier alpha value is -2.12. The van der Waals surface area contributed by atoms with Crippen molar-refractivity contribution >= 4 is 27.5 Å². The molecule has 0 aromatic heterocycles. The zero-order valence-electron chi connectivity index (χ0n) is 15.7. The molecule has 7 heteroatoms. The van der Waals surface area contributed by atoms with Gasteiger partial charge in [0.25, 0.3) is 0 Å². The number of ether oxygens (including phenoxy) is 2. The van der Waals surface area contributed by atoms with Crippen molar-refractivity contribution in [3.05, 3.63) is 52.3 Å². The summed E-state index contributed by atoms with van der Waals surface area (Å²) < 4.78 is 25.0. The smallest absolute Gasteiger partial charge is 0.225 e. The molecule has 0 heterocycles. The minimum absolute atomic E-state index is 0.186. The Balaban J connectivity index is 1.92. The topological polar surface area (TPSA) is 50.8 Å². The highest BCUT2D eigenvalue weighted by atomic mass is 79.9. The molecule has 0 aliphatic heterocycles. The molecule has 2 aromatic carbocycles. The molecular weight excluding hydrogens is 415 g/mol. The van der Waals surface area contributed by atoms with E-state index in [1.54, 1.807) is 26.4 Å². The fourth-order valence-electron chi connectivity index (χ4n) is 2.65. The molecule has 2 rings (SSSR count). The van der Waals surface area contributed by atoms with Crippen LogP contribution in [0.4, 0.5) is 10.1 Å². The Bertz CT molecular complexity index is 786. The second kappa shape index (κ2) is 10.3. The van der Waals surface area contributed by atoms with E-state index in [2.05, 4.69) is 26.1 Å². The molecule has 0 aliphatic rings. The molecule has 0 saturated heterocycles.